The maximum atomic E-state index is 11.9. The van der Waals surface area contributed by atoms with Gasteiger partial charge in [0, 0.05) is 6.42 Å². The third kappa shape index (κ3) is 17.5. The van der Waals surface area contributed by atoms with Gasteiger partial charge in [-0.3, -0.25) is 9.59 Å². The SMILES string of the molecule is COC(=O)CCC/C=C/C(=C/C[C@@H](C)CCC=C(C)C)CCCCOC(=O)C(C)(C)C. The normalized spacial score (nSPS) is 13.2. The highest BCUT2D eigenvalue weighted by Gasteiger charge is 2.22. The van der Waals surface area contributed by atoms with Crippen LogP contribution in [-0.2, 0) is 19.1 Å². The van der Waals surface area contributed by atoms with Gasteiger partial charge in [0.25, 0.3) is 0 Å². The molecule has 0 heterocycles. The number of rotatable bonds is 15. The Hall–Kier alpha value is -1.84. The largest absolute Gasteiger partial charge is 0.469 e. The lowest BCUT2D eigenvalue weighted by molar-refractivity contribution is -0.153. The van der Waals surface area contributed by atoms with Crippen LogP contribution in [0.4, 0.5) is 0 Å². The number of esters is 2. The molecule has 0 aliphatic carbocycles. The van der Waals surface area contributed by atoms with Gasteiger partial charge in [-0.1, -0.05) is 42.4 Å². The van der Waals surface area contributed by atoms with E-state index in [4.69, 9.17) is 4.74 Å². The minimum absolute atomic E-state index is 0.140. The molecule has 0 aliphatic heterocycles. The van der Waals surface area contributed by atoms with Crippen LogP contribution in [0, 0.1) is 11.3 Å². The van der Waals surface area contributed by atoms with Gasteiger partial charge >= 0.3 is 11.9 Å². The Morgan fingerprint density at radius 3 is 2.29 bits per heavy atom. The molecule has 31 heavy (non-hydrogen) atoms. The number of allylic oxidation sites excluding steroid dienone is 6. The van der Waals surface area contributed by atoms with Crippen LogP contribution in [0.1, 0.15) is 99.3 Å². The Labute approximate surface area is 191 Å². The number of hydrogen-bond donors (Lipinski definition) is 0. The van der Waals surface area contributed by atoms with Crippen molar-refractivity contribution in [2.45, 2.75) is 99.3 Å². The van der Waals surface area contributed by atoms with E-state index in [2.05, 4.69) is 49.8 Å². The molecule has 0 spiro atoms. The summed E-state index contributed by atoms with van der Waals surface area (Å²) in [5, 5.41) is 0. The first-order chi connectivity index (χ1) is 14.6. The van der Waals surface area contributed by atoms with E-state index in [1.807, 2.05) is 20.8 Å². The molecule has 0 aliphatic rings. The van der Waals surface area contributed by atoms with Crippen LogP contribution in [0.3, 0.4) is 0 Å². The van der Waals surface area contributed by atoms with E-state index in [1.54, 1.807) is 0 Å². The highest BCUT2D eigenvalue weighted by Crippen LogP contribution is 2.19. The summed E-state index contributed by atoms with van der Waals surface area (Å²) in [6, 6.07) is 0. The molecule has 0 unspecified atom stereocenters. The summed E-state index contributed by atoms with van der Waals surface area (Å²) in [5.41, 5.74) is 2.26. The standard InChI is InChI=1S/C27H46O4/c1-22(2)14-13-15-23(3)19-20-24(16-9-8-10-18-25(28)30-7)17-11-12-21-31-26(29)27(4,5)6/h9,14,16,20,23H,8,10-13,15,17-19,21H2,1-7H3/b16-9+,24-20-/t23-/m0/s1. The minimum Gasteiger partial charge on any atom is -0.469 e. The number of carbonyl (C=O) groups excluding carboxylic acids is 2. The predicted octanol–water partition coefficient (Wildman–Crippen LogP) is 7.34. The lowest BCUT2D eigenvalue weighted by Crippen LogP contribution is -2.23. The predicted molar refractivity (Wildman–Crippen MR) is 130 cm³/mol. The molecule has 0 aromatic carbocycles. The van der Waals surface area contributed by atoms with Crippen LogP contribution in [0.5, 0.6) is 0 Å². The molecule has 4 nitrogen and oxygen atoms in total. The third-order valence-electron chi connectivity index (χ3n) is 5.01. The molecule has 0 bridgehead atoms. The summed E-state index contributed by atoms with van der Waals surface area (Å²) in [6.07, 6.45) is 17.4. The number of hydrogen-bond acceptors (Lipinski definition) is 4. The minimum atomic E-state index is -0.445. The first-order valence-electron chi connectivity index (χ1n) is 11.8. The average Bonchev–Trinajstić information content (AvgIpc) is 2.69. The van der Waals surface area contributed by atoms with E-state index in [0.717, 1.165) is 44.9 Å². The fourth-order valence-electron chi connectivity index (χ4n) is 2.89. The summed E-state index contributed by atoms with van der Waals surface area (Å²) < 4.78 is 10.1. The van der Waals surface area contributed by atoms with Crippen molar-refractivity contribution in [3.8, 4) is 0 Å². The van der Waals surface area contributed by atoms with Gasteiger partial charge in [-0.05, 0) is 91.9 Å². The van der Waals surface area contributed by atoms with Crippen molar-refractivity contribution < 1.29 is 19.1 Å². The van der Waals surface area contributed by atoms with Crippen LogP contribution in [-0.4, -0.2) is 25.7 Å². The van der Waals surface area contributed by atoms with E-state index < -0.39 is 5.41 Å². The Balaban J connectivity index is 4.58. The van der Waals surface area contributed by atoms with Gasteiger partial charge in [0.05, 0.1) is 19.1 Å². The number of ether oxygens (including phenoxy) is 2. The molecule has 4 heteroatoms. The summed E-state index contributed by atoms with van der Waals surface area (Å²) in [5.74, 6) is 0.351. The van der Waals surface area contributed by atoms with Crippen LogP contribution in [0.25, 0.3) is 0 Å². The second-order valence-electron chi connectivity index (χ2n) is 9.69. The van der Waals surface area contributed by atoms with Crippen molar-refractivity contribution in [2.24, 2.45) is 11.3 Å². The van der Waals surface area contributed by atoms with E-state index in [0.29, 0.717) is 18.9 Å². The van der Waals surface area contributed by atoms with Crippen molar-refractivity contribution in [2.75, 3.05) is 13.7 Å². The van der Waals surface area contributed by atoms with Crippen molar-refractivity contribution in [1.82, 2.24) is 0 Å². The number of methoxy groups -OCH3 is 1. The van der Waals surface area contributed by atoms with Crippen molar-refractivity contribution >= 4 is 11.9 Å². The lowest BCUT2D eigenvalue weighted by atomic mass is 9.97. The Morgan fingerprint density at radius 2 is 1.68 bits per heavy atom. The number of carbonyl (C=O) groups is 2. The fraction of sp³-hybridized carbons (Fsp3) is 0.704. The molecule has 0 aromatic rings. The molecule has 1 atom stereocenters. The Kier molecular flexibility index (Phi) is 15.8. The monoisotopic (exact) mass is 434 g/mol. The zero-order chi connectivity index (χ0) is 23.7. The molecule has 0 aromatic heterocycles. The van der Waals surface area contributed by atoms with Crippen molar-refractivity contribution in [3.05, 3.63) is 35.5 Å². The molecule has 0 saturated carbocycles. The quantitative estimate of drug-likeness (QED) is 0.117. The van der Waals surface area contributed by atoms with E-state index in [9.17, 15) is 9.59 Å². The average molecular weight is 435 g/mol. The van der Waals surface area contributed by atoms with Crippen molar-refractivity contribution in [1.29, 1.82) is 0 Å². The summed E-state index contributed by atoms with van der Waals surface area (Å²) >= 11 is 0. The molecule has 0 saturated heterocycles. The highest BCUT2D eigenvalue weighted by atomic mass is 16.5. The second kappa shape index (κ2) is 16.8. The zero-order valence-electron chi connectivity index (χ0n) is 21.1. The first-order valence-corrected chi connectivity index (χ1v) is 11.8. The Bertz CT molecular complexity index is 601. The van der Waals surface area contributed by atoms with Gasteiger partial charge in [0.1, 0.15) is 0 Å². The molecule has 0 rings (SSSR count). The molecule has 0 N–H and O–H groups in total. The molecular weight excluding hydrogens is 388 g/mol. The summed E-state index contributed by atoms with van der Waals surface area (Å²) in [7, 11) is 1.43. The van der Waals surface area contributed by atoms with Gasteiger partial charge in [0.2, 0.25) is 0 Å². The topological polar surface area (TPSA) is 52.6 Å². The second-order valence-corrected chi connectivity index (χ2v) is 9.69. The van der Waals surface area contributed by atoms with Gasteiger partial charge < -0.3 is 9.47 Å². The Morgan fingerprint density at radius 1 is 0.968 bits per heavy atom. The van der Waals surface area contributed by atoms with Crippen LogP contribution in [0.15, 0.2) is 35.5 Å². The smallest absolute Gasteiger partial charge is 0.311 e. The third-order valence-corrected chi connectivity index (χ3v) is 5.01. The van der Waals surface area contributed by atoms with Gasteiger partial charge in [-0.15, -0.1) is 0 Å². The van der Waals surface area contributed by atoms with E-state index >= 15 is 0 Å². The van der Waals surface area contributed by atoms with Gasteiger partial charge in [-0.25, -0.2) is 0 Å². The zero-order valence-corrected chi connectivity index (χ0v) is 21.1. The number of unbranched alkanes of at least 4 members (excludes halogenated alkanes) is 2. The van der Waals surface area contributed by atoms with Gasteiger partial charge in [0.15, 0.2) is 0 Å². The molecular formula is C27H46O4. The van der Waals surface area contributed by atoms with E-state index in [1.165, 1.54) is 24.7 Å². The lowest BCUT2D eigenvalue weighted by Gasteiger charge is -2.16. The molecule has 0 fully saturated rings. The highest BCUT2D eigenvalue weighted by molar-refractivity contribution is 5.75. The fourth-order valence-corrected chi connectivity index (χ4v) is 2.89. The van der Waals surface area contributed by atoms with Crippen LogP contribution in [0.2, 0.25) is 0 Å². The van der Waals surface area contributed by atoms with Crippen molar-refractivity contribution in [3.63, 3.8) is 0 Å². The maximum absolute atomic E-state index is 11.9. The van der Waals surface area contributed by atoms with Crippen LogP contribution < -0.4 is 0 Å². The summed E-state index contributed by atoms with van der Waals surface area (Å²) in [4.78, 5) is 23.1. The maximum Gasteiger partial charge on any atom is 0.311 e. The molecule has 0 amide bonds. The first kappa shape index (κ1) is 29.2. The van der Waals surface area contributed by atoms with E-state index in [-0.39, 0.29) is 11.9 Å². The molecule has 178 valence electrons. The molecule has 0 radical (unpaired) electrons. The van der Waals surface area contributed by atoms with Crippen LogP contribution >= 0.6 is 0 Å². The summed E-state index contributed by atoms with van der Waals surface area (Å²) in [6.45, 7) is 12.7. The van der Waals surface area contributed by atoms with Gasteiger partial charge in [-0.2, -0.15) is 0 Å².